The predicted molar refractivity (Wildman–Crippen MR) is 182 cm³/mol. The normalized spacial score (nSPS) is 11.0. The molecule has 0 saturated carbocycles. The van der Waals surface area contributed by atoms with Crippen LogP contribution in [0.1, 0.15) is 15.9 Å². The van der Waals surface area contributed by atoms with E-state index in [0.29, 0.717) is 27.0 Å². The number of hydrogen-bond donors (Lipinski definition) is 3. The van der Waals surface area contributed by atoms with Crippen molar-refractivity contribution in [3.05, 3.63) is 130 Å². The van der Waals surface area contributed by atoms with Crippen LogP contribution in [-0.2, 0) is 9.59 Å². The van der Waals surface area contributed by atoms with E-state index < -0.39 is 11.8 Å². The van der Waals surface area contributed by atoms with Gasteiger partial charge in [-0.25, -0.2) is 4.98 Å². The zero-order valence-electron chi connectivity index (χ0n) is 24.0. The first-order valence-electron chi connectivity index (χ1n) is 13.6. The average molecular weight is 655 g/mol. The smallest absolute Gasteiger partial charge is 0.272 e. The Bertz CT molecular complexity index is 1860. The van der Waals surface area contributed by atoms with Gasteiger partial charge in [-0.1, -0.05) is 66.2 Å². The van der Waals surface area contributed by atoms with E-state index in [0.717, 1.165) is 21.9 Å². The zero-order valence-corrected chi connectivity index (χ0v) is 26.3. The molecule has 0 radical (unpaired) electrons. The lowest BCUT2D eigenvalue weighted by Gasteiger charge is -2.12. The number of aromatic nitrogens is 1. The zero-order chi connectivity index (χ0) is 31.6. The number of thioether (sulfide) groups is 1. The largest absolute Gasteiger partial charge is 0.497 e. The number of rotatable bonds is 11. The third kappa shape index (κ3) is 8.82. The number of nitrogens with one attached hydrogen (secondary N) is 3. The molecule has 8 nitrogen and oxygen atoms in total. The second-order valence-corrected chi connectivity index (χ2v) is 11.8. The maximum Gasteiger partial charge on any atom is 0.272 e. The Kier molecular flexibility index (Phi) is 10.7. The molecule has 0 saturated heterocycles. The first kappa shape index (κ1) is 31.5. The Morgan fingerprint density at radius 3 is 2.49 bits per heavy atom. The quantitative estimate of drug-likeness (QED) is 0.0999. The van der Waals surface area contributed by atoms with E-state index in [1.165, 1.54) is 29.2 Å². The minimum atomic E-state index is -0.533. The number of halogens is 1. The van der Waals surface area contributed by atoms with Crippen molar-refractivity contribution in [1.82, 2.24) is 10.3 Å². The summed E-state index contributed by atoms with van der Waals surface area (Å²) in [5, 5.41) is 11.2. The van der Waals surface area contributed by atoms with E-state index in [9.17, 15) is 14.4 Å². The highest BCUT2D eigenvalue weighted by Gasteiger charge is 2.16. The molecule has 3 amide bonds. The number of benzene rings is 4. The van der Waals surface area contributed by atoms with Crippen LogP contribution in [0, 0.1) is 0 Å². The summed E-state index contributed by atoms with van der Waals surface area (Å²) in [5.74, 6) is -0.318. The van der Waals surface area contributed by atoms with Crippen LogP contribution in [0.2, 0.25) is 5.02 Å². The van der Waals surface area contributed by atoms with Crippen LogP contribution in [-0.4, -0.2) is 35.6 Å². The highest BCUT2D eigenvalue weighted by molar-refractivity contribution is 8.00. The molecule has 5 rings (SSSR count). The van der Waals surface area contributed by atoms with Crippen LogP contribution in [0.4, 0.5) is 10.8 Å². The number of carbonyl (C=O) groups excluding carboxylic acids is 3. The van der Waals surface area contributed by atoms with Crippen LogP contribution in [0.25, 0.3) is 17.3 Å². The number of amides is 3. The minimum absolute atomic E-state index is 0.0196. The molecule has 0 aliphatic heterocycles. The van der Waals surface area contributed by atoms with Crippen molar-refractivity contribution in [2.75, 3.05) is 23.5 Å². The molecule has 0 bridgehead atoms. The Hall–Kier alpha value is -4.90. The van der Waals surface area contributed by atoms with E-state index in [-0.39, 0.29) is 17.4 Å². The van der Waals surface area contributed by atoms with Crippen molar-refractivity contribution in [2.24, 2.45) is 0 Å². The van der Waals surface area contributed by atoms with Crippen LogP contribution in [0.3, 0.4) is 0 Å². The van der Waals surface area contributed by atoms with Crippen molar-refractivity contribution in [3.8, 4) is 17.0 Å². The standard InChI is InChI=1S/C34H27ClN4O4S2/c1-43-26-14-7-12-24(17-26)30-20-45-34(38-30)39-31(40)21-44-27-15-8-13-25(19-27)36-33(42)29(18-23-11-5-6-16-28(23)35)37-32(41)22-9-3-2-4-10-22/h2-20H,21H2,1H3,(H,36,42)(H,37,41)(H,38,39,40)/b29-18+. The van der Waals surface area contributed by atoms with Gasteiger partial charge in [0.2, 0.25) is 5.91 Å². The molecular formula is C34H27ClN4O4S2. The van der Waals surface area contributed by atoms with Gasteiger partial charge >= 0.3 is 0 Å². The number of thiazole rings is 1. The van der Waals surface area contributed by atoms with Gasteiger partial charge in [0.25, 0.3) is 11.8 Å². The van der Waals surface area contributed by atoms with Gasteiger partial charge in [0.1, 0.15) is 11.4 Å². The summed E-state index contributed by atoms with van der Waals surface area (Å²) in [6.45, 7) is 0. The SMILES string of the molecule is COc1cccc(-c2csc(NC(=O)CSc3cccc(NC(=O)/C(=C\c4ccccc4Cl)NC(=O)c4ccccc4)c3)n2)c1. The number of nitrogens with zero attached hydrogens (tertiary/aromatic N) is 1. The molecule has 226 valence electrons. The molecule has 0 fully saturated rings. The van der Waals surface area contributed by atoms with Crippen molar-refractivity contribution >= 4 is 69.3 Å². The predicted octanol–water partition coefficient (Wildman–Crippen LogP) is 7.61. The summed E-state index contributed by atoms with van der Waals surface area (Å²) in [4.78, 5) is 44.3. The second-order valence-electron chi connectivity index (χ2n) is 9.49. The molecule has 11 heteroatoms. The maximum atomic E-state index is 13.4. The molecule has 0 unspecified atom stereocenters. The average Bonchev–Trinajstić information content (AvgIpc) is 3.53. The van der Waals surface area contributed by atoms with Gasteiger partial charge in [0.05, 0.1) is 18.6 Å². The van der Waals surface area contributed by atoms with Gasteiger partial charge in [-0.05, 0) is 60.2 Å². The molecular weight excluding hydrogens is 628 g/mol. The highest BCUT2D eigenvalue weighted by Crippen LogP contribution is 2.28. The van der Waals surface area contributed by atoms with E-state index in [2.05, 4.69) is 20.9 Å². The molecule has 1 heterocycles. The first-order chi connectivity index (χ1) is 21.9. The van der Waals surface area contributed by atoms with Gasteiger partial charge in [-0.2, -0.15) is 0 Å². The van der Waals surface area contributed by atoms with Gasteiger partial charge in [-0.15, -0.1) is 23.1 Å². The van der Waals surface area contributed by atoms with Crippen LogP contribution in [0.5, 0.6) is 5.75 Å². The molecule has 0 spiro atoms. The van der Waals surface area contributed by atoms with Crippen molar-refractivity contribution in [1.29, 1.82) is 0 Å². The summed E-state index contributed by atoms with van der Waals surface area (Å²) in [7, 11) is 1.61. The third-order valence-corrected chi connectivity index (χ3v) is 8.41. The Labute approximate surface area is 273 Å². The topological polar surface area (TPSA) is 109 Å². The Balaban J connectivity index is 1.22. The molecule has 1 aromatic heterocycles. The summed E-state index contributed by atoms with van der Waals surface area (Å²) in [6, 6.07) is 30.3. The highest BCUT2D eigenvalue weighted by atomic mass is 35.5. The Morgan fingerprint density at radius 1 is 0.911 bits per heavy atom. The summed E-state index contributed by atoms with van der Waals surface area (Å²) in [5.41, 5.74) is 3.13. The Morgan fingerprint density at radius 2 is 1.69 bits per heavy atom. The van der Waals surface area contributed by atoms with Crippen molar-refractivity contribution in [2.45, 2.75) is 4.90 Å². The van der Waals surface area contributed by atoms with Gasteiger partial charge in [-0.3, -0.25) is 14.4 Å². The van der Waals surface area contributed by atoms with Crippen LogP contribution in [0.15, 0.2) is 119 Å². The number of carbonyl (C=O) groups is 3. The van der Waals surface area contributed by atoms with E-state index in [1.54, 1.807) is 79.9 Å². The fraction of sp³-hybridized carbons (Fsp3) is 0.0588. The number of hydrogen-bond acceptors (Lipinski definition) is 7. The van der Waals surface area contributed by atoms with Crippen LogP contribution >= 0.6 is 34.7 Å². The molecule has 0 aliphatic carbocycles. The fourth-order valence-corrected chi connectivity index (χ4v) is 5.78. The lowest BCUT2D eigenvalue weighted by Crippen LogP contribution is -2.30. The van der Waals surface area contributed by atoms with Gasteiger partial charge in [0, 0.05) is 32.1 Å². The molecule has 5 aromatic rings. The summed E-state index contributed by atoms with van der Waals surface area (Å²) >= 11 is 8.98. The lowest BCUT2D eigenvalue weighted by atomic mass is 10.1. The molecule has 0 atom stereocenters. The fourth-order valence-electron chi connectivity index (χ4n) is 4.10. The van der Waals surface area contributed by atoms with E-state index in [1.807, 2.05) is 35.7 Å². The van der Waals surface area contributed by atoms with E-state index in [4.69, 9.17) is 16.3 Å². The van der Waals surface area contributed by atoms with Gasteiger partial charge in [0.15, 0.2) is 5.13 Å². The second kappa shape index (κ2) is 15.2. The van der Waals surface area contributed by atoms with Crippen molar-refractivity contribution < 1.29 is 19.1 Å². The molecule has 0 aliphatic rings. The molecule has 4 aromatic carbocycles. The summed E-state index contributed by atoms with van der Waals surface area (Å²) in [6.07, 6.45) is 1.53. The number of ether oxygens (including phenoxy) is 1. The minimum Gasteiger partial charge on any atom is -0.497 e. The van der Waals surface area contributed by atoms with E-state index >= 15 is 0 Å². The van der Waals surface area contributed by atoms with Gasteiger partial charge < -0.3 is 20.7 Å². The molecule has 3 N–H and O–H groups in total. The number of methoxy groups -OCH3 is 1. The lowest BCUT2D eigenvalue weighted by molar-refractivity contribution is -0.114. The third-order valence-electron chi connectivity index (χ3n) is 6.31. The first-order valence-corrected chi connectivity index (χ1v) is 15.9. The maximum absolute atomic E-state index is 13.4. The monoisotopic (exact) mass is 654 g/mol. The van der Waals surface area contributed by atoms with Crippen LogP contribution < -0.4 is 20.7 Å². The van der Waals surface area contributed by atoms with Crippen molar-refractivity contribution in [3.63, 3.8) is 0 Å². The molecule has 45 heavy (non-hydrogen) atoms. The summed E-state index contributed by atoms with van der Waals surface area (Å²) < 4.78 is 5.28. The number of anilines is 2.